The second-order valence-corrected chi connectivity index (χ2v) is 3.93. The molecule has 15 heavy (non-hydrogen) atoms. The van der Waals surface area contributed by atoms with Gasteiger partial charge in [-0.2, -0.15) is 0 Å². The van der Waals surface area contributed by atoms with Crippen LogP contribution in [0.15, 0.2) is 0 Å². The van der Waals surface area contributed by atoms with Gasteiger partial charge in [-0.05, 0) is 0 Å². The van der Waals surface area contributed by atoms with Gasteiger partial charge in [-0.3, -0.25) is 0 Å². The number of likely N-dealkylation sites (N-methyl/N-ethyl adjacent to an activating group) is 1. The van der Waals surface area contributed by atoms with Crippen molar-refractivity contribution in [2.24, 2.45) is 0 Å². The number of hydrogen-bond acceptors (Lipinski definition) is 4. The minimum absolute atomic E-state index is 0. The Morgan fingerprint density at radius 3 is 1.40 bits per heavy atom. The van der Waals surface area contributed by atoms with E-state index in [1.807, 2.05) is 0 Å². The van der Waals surface area contributed by atoms with Crippen LogP contribution in [-0.4, -0.2) is 80.4 Å². The highest BCUT2D eigenvalue weighted by atomic mass is 35.5. The van der Waals surface area contributed by atoms with Crippen molar-refractivity contribution >= 4 is 0 Å². The van der Waals surface area contributed by atoms with Crippen molar-refractivity contribution in [3.8, 4) is 0 Å². The SMILES string of the molecule is C[N+](C)(C)CCO.OCCNCCO.[Cl-]. The van der Waals surface area contributed by atoms with Gasteiger partial charge in [-0.25, -0.2) is 0 Å². The molecule has 0 saturated carbocycles. The van der Waals surface area contributed by atoms with Crippen LogP contribution in [0.2, 0.25) is 0 Å². The zero-order chi connectivity index (χ0) is 11.4. The molecule has 0 saturated heterocycles. The third-order valence-electron chi connectivity index (χ3n) is 1.35. The maximum atomic E-state index is 8.39. The third-order valence-corrected chi connectivity index (χ3v) is 1.35. The first-order valence-corrected chi connectivity index (χ1v) is 4.81. The molecular weight excluding hydrogens is 220 g/mol. The van der Waals surface area contributed by atoms with Gasteiger partial charge in [0.05, 0.1) is 41.0 Å². The molecule has 0 rings (SSSR count). The summed E-state index contributed by atoms with van der Waals surface area (Å²) in [6, 6.07) is 0. The Labute approximate surface area is 98.7 Å². The van der Waals surface area contributed by atoms with Gasteiger partial charge >= 0.3 is 0 Å². The van der Waals surface area contributed by atoms with Crippen molar-refractivity contribution < 1.29 is 32.2 Å². The van der Waals surface area contributed by atoms with Crippen molar-refractivity contribution in [2.45, 2.75) is 0 Å². The Balaban J connectivity index is -0.000000180. The lowest BCUT2D eigenvalue weighted by Gasteiger charge is -2.21. The monoisotopic (exact) mass is 244 g/mol. The average molecular weight is 245 g/mol. The lowest BCUT2D eigenvalue weighted by atomic mass is 10.5. The standard InChI is InChI=1S/C5H14NO.C4H11NO2.ClH/c1-6(2,3)4-5-7;6-3-1-5-2-4-7;/h7H,4-5H2,1-3H3;5-7H,1-4H2;1H/q+1;;/p-1. The number of quaternary nitrogens is 1. The maximum Gasteiger partial charge on any atom is 0.101 e. The lowest BCUT2D eigenvalue weighted by molar-refractivity contribution is -0.870. The smallest absolute Gasteiger partial charge is 0.101 e. The fraction of sp³-hybridized carbons (Fsp3) is 1.00. The van der Waals surface area contributed by atoms with Crippen molar-refractivity contribution in [1.82, 2.24) is 5.32 Å². The van der Waals surface area contributed by atoms with E-state index in [2.05, 4.69) is 26.5 Å². The number of rotatable bonds is 6. The van der Waals surface area contributed by atoms with Crippen LogP contribution in [-0.2, 0) is 0 Å². The van der Waals surface area contributed by atoms with Crippen molar-refractivity contribution in [3.05, 3.63) is 0 Å². The molecular formula is C9H25ClN2O3. The van der Waals surface area contributed by atoms with E-state index in [1.165, 1.54) is 0 Å². The van der Waals surface area contributed by atoms with Crippen LogP contribution in [0.4, 0.5) is 0 Å². The Bertz CT molecular complexity index is 106. The quantitative estimate of drug-likeness (QED) is 0.280. The summed E-state index contributed by atoms with van der Waals surface area (Å²) in [4.78, 5) is 0. The number of nitrogens with zero attached hydrogens (tertiary/aromatic N) is 1. The van der Waals surface area contributed by atoms with E-state index in [0.29, 0.717) is 13.1 Å². The van der Waals surface area contributed by atoms with Crippen LogP contribution in [0.5, 0.6) is 0 Å². The van der Waals surface area contributed by atoms with E-state index in [0.717, 1.165) is 11.0 Å². The second-order valence-electron chi connectivity index (χ2n) is 3.93. The summed E-state index contributed by atoms with van der Waals surface area (Å²) in [5.41, 5.74) is 0. The van der Waals surface area contributed by atoms with Gasteiger partial charge in [0.2, 0.25) is 0 Å². The molecule has 6 heteroatoms. The molecule has 4 N–H and O–H groups in total. The Morgan fingerprint density at radius 1 is 0.867 bits per heavy atom. The molecule has 96 valence electrons. The predicted octanol–water partition coefficient (Wildman–Crippen LogP) is -4.75. The number of nitrogens with one attached hydrogen (secondary N) is 1. The fourth-order valence-corrected chi connectivity index (χ4v) is 0.583. The summed E-state index contributed by atoms with van der Waals surface area (Å²) in [5.74, 6) is 0. The van der Waals surface area contributed by atoms with E-state index in [9.17, 15) is 0 Å². The van der Waals surface area contributed by atoms with Crippen LogP contribution >= 0.6 is 0 Å². The van der Waals surface area contributed by atoms with E-state index in [-0.39, 0.29) is 32.2 Å². The summed E-state index contributed by atoms with van der Waals surface area (Å²) < 4.78 is 0.844. The summed E-state index contributed by atoms with van der Waals surface area (Å²) in [6.45, 7) is 2.53. The van der Waals surface area contributed by atoms with Gasteiger partial charge < -0.3 is 37.5 Å². The molecule has 0 aliphatic heterocycles. The molecule has 0 atom stereocenters. The van der Waals surface area contributed by atoms with E-state index in [4.69, 9.17) is 15.3 Å². The first-order valence-electron chi connectivity index (χ1n) is 4.81. The van der Waals surface area contributed by atoms with Crippen LogP contribution in [0, 0.1) is 0 Å². The topological polar surface area (TPSA) is 72.7 Å². The zero-order valence-corrected chi connectivity index (χ0v) is 10.7. The summed E-state index contributed by atoms with van der Waals surface area (Å²) in [6.07, 6.45) is 0. The van der Waals surface area contributed by atoms with Crippen molar-refractivity contribution in [2.75, 3.05) is 60.6 Å². The van der Waals surface area contributed by atoms with Gasteiger partial charge in [0.1, 0.15) is 6.54 Å². The fourth-order valence-electron chi connectivity index (χ4n) is 0.583. The summed E-state index contributed by atoms with van der Waals surface area (Å²) >= 11 is 0. The van der Waals surface area contributed by atoms with Gasteiger partial charge in [0.25, 0.3) is 0 Å². The molecule has 0 aromatic rings. The molecule has 0 aromatic heterocycles. The van der Waals surface area contributed by atoms with E-state index < -0.39 is 0 Å². The Kier molecular flexibility index (Phi) is 19.3. The van der Waals surface area contributed by atoms with Crippen LogP contribution in [0.3, 0.4) is 0 Å². The first kappa shape index (κ1) is 20.5. The van der Waals surface area contributed by atoms with E-state index in [1.54, 1.807) is 0 Å². The molecule has 0 fully saturated rings. The zero-order valence-electron chi connectivity index (χ0n) is 9.91. The highest BCUT2D eigenvalue weighted by Crippen LogP contribution is 1.84. The second kappa shape index (κ2) is 14.1. The normalized spacial score (nSPS) is 10.0. The van der Waals surface area contributed by atoms with Crippen molar-refractivity contribution in [3.63, 3.8) is 0 Å². The summed E-state index contributed by atoms with van der Waals surface area (Å²) in [7, 11) is 6.16. The predicted molar refractivity (Wildman–Crippen MR) is 57.0 cm³/mol. The van der Waals surface area contributed by atoms with Gasteiger partial charge in [-0.1, -0.05) is 0 Å². The average Bonchev–Trinajstić information content (AvgIpc) is 2.04. The molecule has 0 aliphatic rings. The molecule has 5 nitrogen and oxygen atoms in total. The molecule has 0 unspecified atom stereocenters. The lowest BCUT2D eigenvalue weighted by Crippen LogP contribution is -3.00. The van der Waals surface area contributed by atoms with Gasteiger partial charge in [0, 0.05) is 13.1 Å². The summed E-state index contributed by atoms with van der Waals surface area (Å²) in [5, 5.41) is 27.5. The molecule has 0 heterocycles. The number of halogens is 1. The number of aliphatic hydroxyl groups excluding tert-OH is 3. The molecule has 0 spiro atoms. The Hall–Kier alpha value is 0.0900. The van der Waals surface area contributed by atoms with Crippen LogP contribution < -0.4 is 17.7 Å². The molecule has 0 aliphatic carbocycles. The highest BCUT2D eigenvalue weighted by molar-refractivity contribution is 4.39. The minimum Gasteiger partial charge on any atom is -1.00 e. The van der Waals surface area contributed by atoms with Gasteiger partial charge in [-0.15, -0.1) is 0 Å². The first-order chi connectivity index (χ1) is 6.47. The van der Waals surface area contributed by atoms with Crippen LogP contribution in [0.25, 0.3) is 0 Å². The van der Waals surface area contributed by atoms with Crippen LogP contribution in [0.1, 0.15) is 0 Å². The minimum atomic E-state index is 0. The molecule has 0 bridgehead atoms. The number of aliphatic hydroxyl groups is 3. The maximum absolute atomic E-state index is 8.39. The molecule has 0 amide bonds. The van der Waals surface area contributed by atoms with E-state index >= 15 is 0 Å². The highest BCUT2D eigenvalue weighted by Gasteiger charge is 2.02. The largest absolute Gasteiger partial charge is 1.00 e. The number of hydrogen-bond donors (Lipinski definition) is 4. The van der Waals surface area contributed by atoms with Crippen molar-refractivity contribution in [1.29, 1.82) is 0 Å². The molecule has 0 aromatic carbocycles. The van der Waals surface area contributed by atoms with Gasteiger partial charge in [0.15, 0.2) is 0 Å². The molecule has 0 radical (unpaired) electrons. The third kappa shape index (κ3) is 31.5. The Morgan fingerprint density at radius 2 is 1.27 bits per heavy atom.